The lowest BCUT2D eigenvalue weighted by atomic mass is 9.95. The summed E-state index contributed by atoms with van der Waals surface area (Å²) in [5.41, 5.74) is 2.64. The molecule has 0 aromatic carbocycles. The van der Waals surface area contributed by atoms with Gasteiger partial charge >= 0.3 is 0 Å². The van der Waals surface area contributed by atoms with Gasteiger partial charge in [-0.3, -0.25) is 10.4 Å². The van der Waals surface area contributed by atoms with Gasteiger partial charge in [-0.1, -0.05) is 0 Å². The molecule has 0 aliphatic heterocycles. The maximum atomic E-state index is 5.48. The molecule has 4 N–H and O–H groups in total. The van der Waals surface area contributed by atoms with Crippen LogP contribution in [0.3, 0.4) is 0 Å². The van der Waals surface area contributed by atoms with Gasteiger partial charge in [0, 0.05) is 31.6 Å². The number of methoxy groups -OCH3 is 1. The lowest BCUT2D eigenvalue weighted by Gasteiger charge is -2.28. The smallest absolute Gasteiger partial charge is 0.205 e. The largest absolute Gasteiger partial charge is 0.385 e. The van der Waals surface area contributed by atoms with E-state index >= 15 is 0 Å². The number of hydrazine groups is 1. The molecule has 0 aromatic rings. The van der Waals surface area contributed by atoms with Gasteiger partial charge < -0.3 is 10.1 Å². The summed E-state index contributed by atoms with van der Waals surface area (Å²) in [6, 6.07) is 0.505. The normalized spacial score (nSPS) is 24.9. The van der Waals surface area contributed by atoms with Crippen molar-refractivity contribution in [3.8, 4) is 0 Å². The Hall–Kier alpha value is -0.460. The Bertz CT molecular complexity index is 242. The van der Waals surface area contributed by atoms with E-state index in [4.69, 9.17) is 10.6 Å². The standard InChI is InChI=1S/C12H26N4OS/c1-17-9-3-8-14-12(16-13)15-10-4-6-11(18-2)7-5-10/h10-11H,3-9,13H2,1-2H3,(H2,14,15,16). The van der Waals surface area contributed by atoms with Crippen LogP contribution in [0.25, 0.3) is 0 Å². The molecular weight excluding hydrogens is 248 g/mol. The third-order valence-corrected chi connectivity index (χ3v) is 4.40. The van der Waals surface area contributed by atoms with E-state index in [2.05, 4.69) is 22.0 Å². The maximum Gasteiger partial charge on any atom is 0.205 e. The van der Waals surface area contributed by atoms with Crippen molar-refractivity contribution in [2.75, 3.05) is 26.5 Å². The van der Waals surface area contributed by atoms with Gasteiger partial charge in [0.15, 0.2) is 0 Å². The molecule has 0 saturated heterocycles. The molecule has 0 bridgehead atoms. The number of guanidine groups is 1. The maximum absolute atomic E-state index is 5.48. The zero-order valence-corrected chi connectivity index (χ0v) is 12.3. The van der Waals surface area contributed by atoms with Crippen molar-refractivity contribution in [1.29, 1.82) is 0 Å². The molecule has 1 fully saturated rings. The van der Waals surface area contributed by atoms with E-state index < -0.39 is 0 Å². The van der Waals surface area contributed by atoms with Crippen molar-refractivity contribution < 1.29 is 4.74 Å². The van der Waals surface area contributed by atoms with Gasteiger partial charge in [-0.2, -0.15) is 11.8 Å². The van der Waals surface area contributed by atoms with Crippen molar-refractivity contribution in [2.24, 2.45) is 10.8 Å². The Kier molecular flexibility index (Phi) is 8.20. The van der Waals surface area contributed by atoms with Gasteiger partial charge in [0.1, 0.15) is 0 Å². The first-order valence-electron chi connectivity index (χ1n) is 6.59. The number of nitrogens with two attached hydrogens (primary N) is 1. The van der Waals surface area contributed by atoms with E-state index in [0.717, 1.165) is 24.8 Å². The average Bonchev–Trinajstić information content (AvgIpc) is 2.43. The average molecular weight is 274 g/mol. The molecule has 0 atom stereocenters. The molecule has 1 saturated carbocycles. The zero-order chi connectivity index (χ0) is 13.2. The highest BCUT2D eigenvalue weighted by molar-refractivity contribution is 7.99. The third kappa shape index (κ3) is 5.93. The number of ether oxygens (including phenoxy) is 1. The zero-order valence-electron chi connectivity index (χ0n) is 11.4. The fraction of sp³-hybridized carbons (Fsp3) is 0.917. The molecule has 5 nitrogen and oxygen atoms in total. The number of thioether (sulfide) groups is 1. The van der Waals surface area contributed by atoms with Crippen molar-refractivity contribution in [1.82, 2.24) is 10.7 Å². The Morgan fingerprint density at radius 1 is 1.39 bits per heavy atom. The number of rotatable bonds is 6. The van der Waals surface area contributed by atoms with Crippen LogP contribution in [0.2, 0.25) is 0 Å². The molecule has 0 spiro atoms. The minimum Gasteiger partial charge on any atom is -0.385 e. The summed E-state index contributed by atoms with van der Waals surface area (Å²) in [7, 11) is 1.70. The molecule has 1 aliphatic carbocycles. The lowest BCUT2D eigenvalue weighted by Crippen LogP contribution is -2.47. The van der Waals surface area contributed by atoms with E-state index in [0.29, 0.717) is 12.0 Å². The van der Waals surface area contributed by atoms with Crippen LogP contribution < -0.4 is 16.6 Å². The minimum atomic E-state index is 0.505. The molecule has 18 heavy (non-hydrogen) atoms. The second kappa shape index (κ2) is 9.47. The van der Waals surface area contributed by atoms with Crippen LogP contribution in [0.1, 0.15) is 32.1 Å². The molecule has 1 aliphatic rings. The van der Waals surface area contributed by atoms with Gasteiger partial charge in [0.25, 0.3) is 0 Å². The summed E-state index contributed by atoms with van der Waals surface area (Å²) in [6.07, 6.45) is 8.07. The number of nitrogens with zero attached hydrogens (tertiary/aromatic N) is 1. The Labute approximate surface area is 114 Å². The highest BCUT2D eigenvalue weighted by Crippen LogP contribution is 2.26. The van der Waals surface area contributed by atoms with E-state index in [-0.39, 0.29) is 0 Å². The second-order valence-corrected chi connectivity index (χ2v) is 5.71. The highest BCUT2D eigenvalue weighted by atomic mass is 32.2. The number of hydrogen-bond acceptors (Lipinski definition) is 4. The SMILES string of the molecule is COCCCN=C(NN)NC1CCC(SC)CC1. The molecule has 0 heterocycles. The summed E-state index contributed by atoms with van der Waals surface area (Å²) in [5.74, 6) is 6.19. The topological polar surface area (TPSA) is 71.7 Å². The van der Waals surface area contributed by atoms with Crippen LogP contribution in [0.5, 0.6) is 0 Å². The molecule has 0 aromatic heterocycles. The number of aliphatic imine (C=N–C) groups is 1. The molecule has 1 rings (SSSR count). The van der Waals surface area contributed by atoms with E-state index in [1.807, 2.05) is 11.8 Å². The van der Waals surface area contributed by atoms with Crippen molar-refractivity contribution in [3.63, 3.8) is 0 Å². The fourth-order valence-corrected chi connectivity index (χ4v) is 2.91. The predicted molar refractivity (Wildman–Crippen MR) is 78.8 cm³/mol. The Balaban J connectivity index is 2.26. The van der Waals surface area contributed by atoms with Gasteiger partial charge in [0.2, 0.25) is 5.96 Å². The fourth-order valence-electron chi connectivity index (χ4n) is 2.17. The molecule has 0 unspecified atom stereocenters. The van der Waals surface area contributed by atoms with E-state index in [1.54, 1.807) is 7.11 Å². The third-order valence-electron chi connectivity index (χ3n) is 3.26. The minimum absolute atomic E-state index is 0.505. The highest BCUT2D eigenvalue weighted by Gasteiger charge is 2.20. The van der Waals surface area contributed by atoms with Gasteiger partial charge in [0.05, 0.1) is 0 Å². The molecule has 106 valence electrons. The van der Waals surface area contributed by atoms with Crippen molar-refractivity contribution >= 4 is 17.7 Å². The van der Waals surface area contributed by atoms with Crippen LogP contribution in [0, 0.1) is 0 Å². The summed E-state index contributed by atoms with van der Waals surface area (Å²) < 4.78 is 4.99. The van der Waals surface area contributed by atoms with Crippen LogP contribution in [-0.4, -0.2) is 43.8 Å². The van der Waals surface area contributed by atoms with Gasteiger partial charge in [-0.25, -0.2) is 5.84 Å². The van der Waals surface area contributed by atoms with E-state index in [1.165, 1.54) is 25.7 Å². The molecular formula is C12H26N4OS. The van der Waals surface area contributed by atoms with Crippen LogP contribution in [0.4, 0.5) is 0 Å². The van der Waals surface area contributed by atoms with Gasteiger partial charge in [-0.15, -0.1) is 0 Å². The summed E-state index contributed by atoms with van der Waals surface area (Å²) in [4.78, 5) is 4.40. The first kappa shape index (κ1) is 15.6. The Morgan fingerprint density at radius 3 is 2.67 bits per heavy atom. The quantitative estimate of drug-likeness (QED) is 0.222. The monoisotopic (exact) mass is 274 g/mol. The van der Waals surface area contributed by atoms with E-state index in [9.17, 15) is 0 Å². The summed E-state index contributed by atoms with van der Waals surface area (Å²) >= 11 is 1.98. The molecule has 0 amide bonds. The predicted octanol–water partition coefficient (Wildman–Crippen LogP) is 1.11. The van der Waals surface area contributed by atoms with Crippen LogP contribution in [-0.2, 0) is 4.74 Å². The van der Waals surface area contributed by atoms with Gasteiger partial charge in [-0.05, 0) is 38.4 Å². The number of hydrogen-bond donors (Lipinski definition) is 3. The first-order chi connectivity index (χ1) is 8.80. The number of nitrogens with one attached hydrogen (secondary N) is 2. The lowest BCUT2D eigenvalue weighted by molar-refractivity contribution is 0.197. The van der Waals surface area contributed by atoms with Crippen LogP contribution in [0.15, 0.2) is 4.99 Å². The van der Waals surface area contributed by atoms with Crippen LogP contribution >= 0.6 is 11.8 Å². The van der Waals surface area contributed by atoms with Crippen molar-refractivity contribution in [2.45, 2.75) is 43.4 Å². The summed E-state index contributed by atoms with van der Waals surface area (Å²) in [6.45, 7) is 1.47. The first-order valence-corrected chi connectivity index (χ1v) is 7.88. The summed E-state index contributed by atoms with van der Waals surface area (Å²) in [5, 5.41) is 4.22. The Morgan fingerprint density at radius 2 is 2.11 bits per heavy atom. The van der Waals surface area contributed by atoms with Crippen molar-refractivity contribution in [3.05, 3.63) is 0 Å². The second-order valence-electron chi connectivity index (χ2n) is 4.57. The molecule has 6 heteroatoms. The molecule has 0 radical (unpaired) electrons.